The normalized spacial score (nSPS) is 22.8. The zero-order valence-corrected chi connectivity index (χ0v) is 12.7. The van der Waals surface area contributed by atoms with Crippen molar-refractivity contribution in [1.82, 2.24) is 16.0 Å². The van der Waals surface area contributed by atoms with Crippen LogP contribution in [-0.2, 0) is 0 Å². The minimum Gasteiger partial charge on any atom is -0.338 e. The summed E-state index contributed by atoms with van der Waals surface area (Å²) >= 11 is 0. The van der Waals surface area contributed by atoms with Gasteiger partial charge in [-0.2, -0.15) is 0 Å². The van der Waals surface area contributed by atoms with Crippen molar-refractivity contribution in [2.24, 2.45) is 5.92 Å². The summed E-state index contributed by atoms with van der Waals surface area (Å²) in [4.78, 5) is 11.8. The van der Waals surface area contributed by atoms with Gasteiger partial charge in [0.2, 0.25) is 0 Å². The molecule has 1 saturated heterocycles. The van der Waals surface area contributed by atoms with Crippen LogP contribution in [0.2, 0.25) is 0 Å². The van der Waals surface area contributed by atoms with Crippen LogP contribution in [0.4, 0.5) is 4.79 Å². The van der Waals surface area contributed by atoms with Crippen LogP contribution in [0.15, 0.2) is 0 Å². The monoisotopic (exact) mass is 255 g/mol. The van der Waals surface area contributed by atoms with Gasteiger partial charge in [-0.25, -0.2) is 4.79 Å². The summed E-state index contributed by atoms with van der Waals surface area (Å²) in [6.07, 6.45) is 1.93. The molecule has 1 aliphatic rings. The summed E-state index contributed by atoms with van der Waals surface area (Å²) in [6, 6.07) is 0.200. The highest BCUT2D eigenvalue weighted by atomic mass is 16.2. The van der Waals surface area contributed by atoms with Gasteiger partial charge in [-0.3, -0.25) is 0 Å². The van der Waals surface area contributed by atoms with Crippen LogP contribution >= 0.6 is 0 Å². The molecule has 0 bridgehead atoms. The van der Waals surface area contributed by atoms with Gasteiger partial charge in [0, 0.05) is 23.7 Å². The van der Waals surface area contributed by atoms with Crippen molar-refractivity contribution in [2.75, 3.05) is 6.54 Å². The van der Waals surface area contributed by atoms with Crippen LogP contribution in [0, 0.1) is 5.92 Å². The first-order chi connectivity index (χ1) is 8.10. The van der Waals surface area contributed by atoms with Gasteiger partial charge in [0.15, 0.2) is 0 Å². The van der Waals surface area contributed by atoms with Gasteiger partial charge in [-0.1, -0.05) is 13.8 Å². The van der Waals surface area contributed by atoms with Crippen molar-refractivity contribution in [3.63, 3.8) is 0 Å². The van der Waals surface area contributed by atoms with Gasteiger partial charge in [0.25, 0.3) is 0 Å². The number of nitrogens with one attached hydrogen (secondary N) is 3. The summed E-state index contributed by atoms with van der Waals surface area (Å²) in [6.45, 7) is 13.7. The van der Waals surface area contributed by atoms with E-state index in [2.05, 4.69) is 57.5 Å². The lowest BCUT2D eigenvalue weighted by Crippen LogP contribution is -2.62. The van der Waals surface area contributed by atoms with Crippen LogP contribution < -0.4 is 16.0 Å². The van der Waals surface area contributed by atoms with Crippen LogP contribution in [0.1, 0.15) is 54.4 Å². The zero-order chi connectivity index (χ0) is 14.0. The van der Waals surface area contributed by atoms with Gasteiger partial charge in [-0.15, -0.1) is 0 Å². The largest absolute Gasteiger partial charge is 0.338 e. The summed E-state index contributed by atoms with van der Waals surface area (Å²) in [5.41, 5.74) is 0.134. The lowest BCUT2D eigenvalue weighted by molar-refractivity contribution is 0.147. The third kappa shape index (κ3) is 5.25. The quantitative estimate of drug-likeness (QED) is 0.724. The van der Waals surface area contributed by atoms with E-state index >= 15 is 0 Å². The van der Waals surface area contributed by atoms with Gasteiger partial charge >= 0.3 is 6.03 Å². The number of carbonyl (C=O) groups excluding carboxylic acids is 1. The molecule has 0 unspecified atom stereocenters. The summed E-state index contributed by atoms with van der Waals surface area (Å²) in [5.74, 6) is 0.483. The van der Waals surface area contributed by atoms with Gasteiger partial charge in [0.1, 0.15) is 0 Å². The van der Waals surface area contributed by atoms with E-state index in [0.29, 0.717) is 5.92 Å². The molecule has 1 aliphatic heterocycles. The second-order valence-electron chi connectivity index (χ2n) is 7.25. The first-order valence-corrected chi connectivity index (χ1v) is 6.93. The molecular formula is C14H29N3O. The van der Waals surface area contributed by atoms with E-state index in [4.69, 9.17) is 0 Å². The lowest BCUT2D eigenvalue weighted by atomic mass is 9.80. The maximum absolute atomic E-state index is 11.8. The van der Waals surface area contributed by atoms with E-state index in [-0.39, 0.29) is 23.2 Å². The van der Waals surface area contributed by atoms with E-state index < -0.39 is 0 Å². The Kier molecular flexibility index (Phi) is 4.65. The molecule has 0 atom stereocenters. The SMILES string of the molecule is CC(C)CNC(=O)NC1CC(C)(C)NC(C)(C)C1. The molecule has 1 rings (SSSR count). The number of amides is 2. The van der Waals surface area contributed by atoms with Crippen LogP contribution in [0.3, 0.4) is 0 Å². The molecule has 4 heteroatoms. The third-order valence-corrected chi connectivity index (χ3v) is 3.20. The van der Waals surface area contributed by atoms with Crippen molar-refractivity contribution in [3.05, 3.63) is 0 Å². The molecule has 2 amide bonds. The fourth-order valence-corrected chi connectivity index (χ4v) is 2.96. The molecule has 1 heterocycles. The first-order valence-electron chi connectivity index (χ1n) is 6.93. The predicted molar refractivity (Wildman–Crippen MR) is 75.7 cm³/mol. The van der Waals surface area contributed by atoms with E-state index in [1.54, 1.807) is 0 Å². The Bertz CT molecular complexity index is 281. The second-order valence-corrected chi connectivity index (χ2v) is 7.25. The van der Waals surface area contributed by atoms with Crippen LogP contribution in [-0.4, -0.2) is 29.7 Å². The third-order valence-electron chi connectivity index (χ3n) is 3.20. The molecule has 0 aromatic carbocycles. The highest BCUT2D eigenvalue weighted by Crippen LogP contribution is 2.28. The molecule has 0 radical (unpaired) electrons. The van der Waals surface area contributed by atoms with Crippen molar-refractivity contribution in [3.8, 4) is 0 Å². The van der Waals surface area contributed by atoms with Crippen molar-refractivity contribution in [1.29, 1.82) is 0 Å². The molecule has 0 aliphatic carbocycles. The molecule has 0 aromatic rings. The molecule has 106 valence electrons. The molecular weight excluding hydrogens is 226 g/mol. The Labute approximate surface area is 111 Å². The van der Waals surface area contributed by atoms with E-state index in [1.165, 1.54) is 0 Å². The van der Waals surface area contributed by atoms with E-state index in [0.717, 1.165) is 19.4 Å². The fourth-order valence-electron chi connectivity index (χ4n) is 2.96. The number of carbonyl (C=O) groups is 1. The molecule has 3 N–H and O–H groups in total. The maximum Gasteiger partial charge on any atom is 0.315 e. The summed E-state index contributed by atoms with van der Waals surface area (Å²) in [7, 11) is 0. The Morgan fingerprint density at radius 1 is 1.22 bits per heavy atom. The van der Waals surface area contributed by atoms with Crippen molar-refractivity contribution in [2.45, 2.75) is 71.5 Å². The number of hydrogen-bond donors (Lipinski definition) is 3. The van der Waals surface area contributed by atoms with Crippen LogP contribution in [0.5, 0.6) is 0 Å². The predicted octanol–water partition coefficient (Wildman–Crippen LogP) is 2.25. The topological polar surface area (TPSA) is 53.2 Å². The highest BCUT2D eigenvalue weighted by Gasteiger charge is 2.38. The van der Waals surface area contributed by atoms with Gasteiger partial charge in [0.05, 0.1) is 0 Å². The lowest BCUT2D eigenvalue weighted by Gasteiger charge is -2.46. The molecule has 18 heavy (non-hydrogen) atoms. The van der Waals surface area contributed by atoms with Gasteiger partial charge < -0.3 is 16.0 Å². The van der Waals surface area contributed by atoms with Crippen molar-refractivity contribution >= 4 is 6.03 Å². The number of urea groups is 1. The summed E-state index contributed by atoms with van der Waals surface area (Å²) < 4.78 is 0. The number of rotatable bonds is 3. The molecule has 1 fully saturated rings. The second kappa shape index (κ2) is 5.47. The minimum atomic E-state index is -0.0396. The number of piperidine rings is 1. The van der Waals surface area contributed by atoms with Crippen molar-refractivity contribution < 1.29 is 4.79 Å². The average Bonchev–Trinajstić information content (AvgIpc) is 2.09. The molecule has 0 aromatic heterocycles. The van der Waals surface area contributed by atoms with Gasteiger partial charge in [-0.05, 0) is 46.5 Å². The highest BCUT2D eigenvalue weighted by molar-refractivity contribution is 5.74. The van der Waals surface area contributed by atoms with E-state index in [9.17, 15) is 4.79 Å². The average molecular weight is 255 g/mol. The fraction of sp³-hybridized carbons (Fsp3) is 0.929. The molecule has 0 saturated carbocycles. The smallest absolute Gasteiger partial charge is 0.315 e. The molecule has 4 nitrogen and oxygen atoms in total. The Hall–Kier alpha value is -0.770. The molecule has 0 spiro atoms. The standard InChI is InChI=1S/C14H29N3O/c1-10(2)9-15-12(18)16-11-7-13(3,4)17-14(5,6)8-11/h10-11,17H,7-9H2,1-6H3,(H2,15,16,18). The van der Waals surface area contributed by atoms with E-state index in [1.807, 2.05) is 0 Å². The Balaban J connectivity index is 2.49. The van der Waals surface area contributed by atoms with Crippen LogP contribution in [0.25, 0.3) is 0 Å². The summed E-state index contributed by atoms with van der Waals surface area (Å²) in [5, 5.41) is 9.62. The Morgan fingerprint density at radius 2 is 1.72 bits per heavy atom. The number of hydrogen-bond acceptors (Lipinski definition) is 2. The minimum absolute atomic E-state index is 0.0396. The first kappa shape index (κ1) is 15.3. The Morgan fingerprint density at radius 3 is 2.17 bits per heavy atom. The zero-order valence-electron chi connectivity index (χ0n) is 12.7. The maximum atomic E-state index is 11.8.